The number of thioether (sulfide) groups is 1. The van der Waals surface area contributed by atoms with Gasteiger partial charge in [-0.05, 0) is 18.7 Å². The molecule has 5 nitrogen and oxygen atoms in total. The molecule has 0 bridgehead atoms. The van der Waals surface area contributed by atoms with E-state index in [-0.39, 0.29) is 18.5 Å². The van der Waals surface area contributed by atoms with Gasteiger partial charge in [0.15, 0.2) is 5.16 Å². The van der Waals surface area contributed by atoms with Gasteiger partial charge < -0.3 is 5.11 Å². The smallest absolute Gasteiger partial charge is 0.187 e. The average Bonchev–Trinajstić information content (AvgIpc) is 2.66. The molecule has 7 heteroatoms. The van der Waals surface area contributed by atoms with Crippen LogP contribution in [0.15, 0.2) is 41.8 Å². The molecule has 0 amide bonds. The zero-order chi connectivity index (χ0) is 18.4. The summed E-state index contributed by atoms with van der Waals surface area (Å²) in [4.78, 5) is 13.3. The highest BCUT2D eigenvalue weighted by Gasteiger charge is 2.27. The van der Waals surface area contributed by atoms with Gasteiger partial charge in [0.05, 0.1) is 0 Å². The third kappa shape index (κ3) is 5.01. The number of rotatable bonds is 7. The van der Waals surface area contributed by atoms with Crippen LogP contribution in [-0.2, 0) is 13.1 Å². The first-order chi connectivity index (χ1) is 12.7. The summed E-state index contributed by atoms with van der Waals surface area (Å²) in [5.74, 6) is -0.163. The number of piperazine rings is 1. The Kier molecular flexibility index (Phi) is 6.96. The minimum absolute atomic E-state index is 0.137. The van der Waals surface area contributed by atoms with Gasteiger partial charge in [-0.3, -0.25) is 9.80 Å². The summed E-state index contributed by atoms with van der Waals surface area (Å²) in [6.07, 6.45) is 6.41. The highest BCUT2D eigenvalue weighted by molar-refractivity contribution is 7.98. The zero-order valence-electron chi connectivity index (χ0n) is 15.0. The van der Waals surface area contributed by atoms with Gasteiger partial charge in [-0.1, -0.05) is 30.0 Å². The molecule has 1 aromatic heterocycles. The molecule has 1 atom stereocenters. The summed E-state index contributed by atoms with van der Waals surface area (Å²) >= 11 is 1.53. The summed E-state index contributed by atoms with van der Waals surface area (Å²) < 4.78 is 14.0. The van der Waals surface area contributed by atoms with E-state index >= 15 is 0 Å². The Hall–Kier alpha value is -1.54. The fourth-order valence-corrected chi connectivity index (χ4v) is 3.68. The van der Waals surface area contributed by atoms with Crippen LogP contribution in [0.3, 0.4) is 0 Å². The predicted molar refractivity (Wildman–Crippen MR) is 101 cm³/mol. The first-order valence-electron chi connectivity index (χ1n) is 8.85. The average molecular weight is 377 g/mol. The molecule has 3 rings (SSSR count). The number of aliphatic hydroxyl groups excluding tert-OH is 1. The molecule has 0 spiro atoms. The van der Waals surface area contributed by atoms with Gasteiger partial charge in [-0.25, -0.2) is 14.4 Å². The van der Waals surface area contributed by atoms with Gasteiger partial charge >= 0.3 is 0 Å². The highest BCUT2D eigenvalue weighted by atomic mass is 32.2. The number of hydrogen-bond donors (Lipinski definition) is 1. The van der Waals surface area contributed by atoms with Crippen molar-refractivity contribution < 1.29 is 9.50 Å². The number of halogens is 1. The lowest BCUT2D eigenvalue weighted by Gasteiger charge is -2.41. The lowest BCUT2D eigenvalue weighted by Crippen LogP contribution is -2.52. The van der Waals surface area contributed by atoms with Crippen LogP contribution in [0, 0.1) is 5.82 Å². The van der Waals surface area contributed by atoms with E-state index in [9.17, 15) is 9.50 Å². The van der Waals surface area contributed by atoms with E-state index in [0.29, 0.717) is 18.5 Å². The van der Waals surface area contributed by atoms with E-state index in [2.05, 4.69) is 19.8 Å². The van der Waals surface area contributed by atoms with Crippen LogP contribution < -0.4 is 0 Å². The Morgan fingerprint density at radius 3 is 2.65 bits per heavy atom. The van der Waals surface area contributed by atoms with Crippen molar-refractivity contribution >= 4 is 11.8 Å². The topological polar surface area (TPSA) is 52.5 Å². The largest absolute Gasteiger partial charge is 0.396 e. The SMILES string of the molecule is CSc1ncc(CN2CCN(Cc3ccccc3F)[C@@H](CCO)C2)cn1. The van der Waals surface area contributed by atoms with Gasteiger partial charge in [-0.15, -0.1) is 0 Å². The van der Waals surface area contributed by atoms with Crippen molar-refractivity contribution in [3.05, 3.63) is 53.6 Å². The van der Waals surface area contributed by atoms with E-state index in [1.54, 1.807) is 6.07 Å². The molecule has 0 radical (unpaired) electrons. The number of nitrogens with zero attached hydrogens (tertiary/aromatic N) is 4. The third-order valence-corrected chi connectivity index (χ3v) is 5.33. The molecule has 0 unspecified atom stereocenters. The maximum Gasteiger partial charge on any atom is 0.187 e. The van der Waals surface area contributed by atoms with E-state index in [4.69, 9.17) is 0 Å². The molecule has 1 fully saturated rings. The fraction of sp³-hybridized carbons (Fsp3) is 0.474. The van der Waals surface area contributed by atoms with Crippen LogP contribution in [0.4, 0.5) is 4.39 Å². The lowest BCUT2D eigenvalue weighted by molar-refractivity contribution is 0.0492. The lowest BCUT2D eigenvalue weighted by atomic mass is 10.1. The van der Waals surface area contributed by atoms with Crippen molar-refractivity contribution in [2.75, 3.05) is 32.5 Å². The van der Waals surface area contributed by atoms with Crippen molar-refractivity contribution in [2.24, 2.45) is 0 Å². The molecule has 140 valence electrons. The molecular formula is C19H25FN4OS. The second-order valence-electron chi connectivity index (χ2n) is 6.54. The van der Waals surface area contributed by atoms with Crippen molar-refractivity contribution in [3.63, 3.8) is 0 Å². The van der Waals surface area contributed by atoms with E-state index in [1.807, 2.05) is 30.8 Å². The number of aromatic nitrogens is 2. The molecule has 2 aromatic rings. The quantitative estimate of drug-likeness (QED) is 0.592. The molecule has 2 heterocycles. The summed E-state index contributed by atoms with van der Waals surface area (Å²) in [7, 11) is 0. The zero-order valence-corrected chi connectivity index (χ0v) is 15.8. The molecule has 1 N–H and O–H groups in total. The van der Waals surface area contributed by atoms with Crippen LogP contribution in [-0.4, -0.2) is 63.4 Å². The fourth-order valence-electron chi connectivity index (χ4n) is 3.37. The molecule has 1 aliphatic heterocycles. The Balaban J connectivity index is 1.62. The maximum absolute atomic E-state index is 14.0. The van der Waals surface area contributed by atoms with Gasteiger partial charge in [0.25, 0.3) is 0 Å². The summed E-state index contributed by atoms with van der Waals surface area (Å²) in [5.41, 5.74) is 1.80. The van der Waals surface area contributed by atoms with Crippen LogP contribution in [0.2, 0.25) is 0 Å². The van der Waals surface area contributed by atoms with E-state index in [0.717, 1.165) is 36.9 Å². The minimum atomic E-state index is -0.163. The molecule has 1 aromatic carbocycles. The van der Waals surface area contributed by atoms with E-state index < -0.39 is 0 Å². The van der Waals surface area contributed by atoms with Gasteiger partial charge in [0, 0.05) is 68.9 Å². The van der Waals surface area contributed by atoms with Gasteiger partial charge in [0.1, 0.15) is 5.82 Å². The number of benzene rings is 1. The Morgan fingerprint density at radius 1 is 1.19 bits per heavy atom. The normalized spacial score (nSPS) is 19.0. The predicted octanol–water partition coefficient (Wildman–Crippen LogP) is 2.41. The maximum atomic E-state index is 14.0. The van der Waals surface area contributed by atoms with E-state index in [1.165, 1.54) is 17.8 Å². The minimum Gasteiger partial charge on any atom is -0.396 e. The monoisotopic (exact) mass is 376 g/mol. The Morgan fingerprint density at radius 2 is 1.96 bits per heavy atom. The van der Waals surface area contributed by atoms with Crippen molar-refractivity contribution in [1.82, 2.24) is 19.8 Å². The summed E-state index contributed by atoms with van der Waals surface area (Å²) in [5, 5.41) is 10.2. The van der Waals surface area contributed by atoms with Crippen LogP contribution in [0.25, 0.3) is 0 Å². The number of hydrogen-bond acceptors (Lipinski definition) is 6. The van der Waals surface area contributed by atoms with Crippen LogP contribution in [0.1, 0.15) is 17.5 Å². The molecule has 26 heavy (non-hydrogen) atoms. The van der Waals surface area contributed by atoms with Gasteiger partial charge in [-0.2, -0.15) is 0 Å². The van der Waals surface area contributed by atoms with Gasteiger partial charge in [0.2, 0.25) is 0 Å². The van der Waals surface area contributed by atoms with Crippen LogP contribution in [0.5, 0.6) is 0 Å². The molecule has 0 aliphatic carbocycles. The Bertz CT molecular complexity index is 700. The third-order valence-electron chi connectivity index (χ3n) is 4.75. The summed E-state index contributed by atoms with van der Waals surface area (Å²) in [6.45, 7) is 4.11. The molecule has 1 saturated heterocycles. The van der Waals surface area contributed by atoms with Crippen molar-refractivity contribution in [1.29, 1.82) is 0 Å². The molecule has 1 aliphatic rings. The highest BCUT2D eigenvalue weighted by Crippen LogP contribution is 2.19. The first kappa shape index (κ1) is 19.2. The van der Waals surface area contributed by atoms with Crippen LogP contribution >= 0.6 is 11.8 Å². The standard InChI is InChI=1S/C19H25FN4OS/c1-26-19-21-10-15(11-22-19)12-23-7-8-24(17(14-23)6-9-25)13-16-4-2-3-5-18(16)20/h2-5,10-11,17,25H,6-9,12-14H2,1H3/t17-/m0/s1. The Labute approximate surface area is 158 Å². The first-order valence-corrected chi connectivity index (χ1v) is 10.1. The second-order valence-corrected chi connectivity index (χ2v) is 7.31. The number of aliphatic hydroxyl groups is 1. The summed E-state index contributed by atoms with van der Waals surface area (Å²) in [6, 6.07) is 7.13. The van der Waals surface area contributed by atoms with Crippen molar-refractivity contribution in [3.8, 4) is 0 Å². The molecule has 0 saturated carbocycles. The van der Waals surface area contributed by atoms with Crippen molar-refractivity contribution in [2.45, 2.75) is 30.7 Å². The second kappa shape index (κ2) is 9.41. The molecular weight excluding hydrogens is 351 g/mol.